The minimum Gasteiger partial charge on any atom is -0.379 e. The fourth-order valence-electron chi connectivity index (χ4n) is 2.93. The quantitative estimate of drug-likeness (QED) is 0.781. The Morgan fingerprint density at radius 2 is 2.10 bits per heavy atom. The van der Waals surface area contributed by atoms with Crippen LogP contribution in [-0.2, 0) is 7.05 Å². The Morgan fingerprint density at radius 1 is 1.33 bits per heavy atom. The molecule has 0 amide bonds. The third-order valence-electron chi connectivity index (χ3n) is 4.01. The molecule has 21 heavy (non-hydrogen) atoms. The molecule has 0 spiro atoms. The molecule has 6 heteroatoms. The summed E-state index contributed by atoms with van der Waals surface area (Å²) in [4.78, 5) is 5.94. The molecule has 1 fully saturated rings. The second-order valence-electron chi connectivity index (χ2n) is 5.28. The summed E-state index contributed by atoms with van der Waals surface area (Å²) in [5.41, 5.74) is 1.73. The number of aromatic nitrogens is 3. The largest absolute Gasteiger partial charge is 0.379 e. The van der Waals surface area contributed by atoms with Crippen LogP contribution in [0.25, 0.3) is 4.85 Å². The number of rotatable bonds is 2. The van der Waals surface area contributed by atoms with Gasteiger partial charge >= 0.3 is 0 Å². The lowest BCUT2D eigenvalue weighted by atomic mass is 9.95. The van der Waals surface area contributed by atoms with Gasteiger partial charge in [0.15, 0.2) is 0 Å². The Hall–Kier alpha value is -1.87. The van der Waals surface area contributed by atoms with E-state index < -0.39 is 0 Å². The zero-order valence-electron chi connectivity index (χ0n) is 11.8. The third-order valence-corrected chi connectivity index (χ3v) is 4.65. The van der Waals surface area contributed by atoms with E-state index in [2.05, 4.69) is 35.9 Å². The van der Waals surface area contributed by atoms with Gasteiger partial charge in [0, 0.05) is 30.5 Å². The lowest BCUT2D eigenvalue weighted by molar-refractivity contribution is 0.474. The maximum atomic E-state index is 7.34. The number of para-hydroxylation sites is 1. The van der Waals surface area contributed by atoms with Crippen molar-refractivity contribution in [3.8, 4) is 0 Å². The molecule has 2 aromatic rings. The average Bonchev–Trinajstić information content (AvgIpc) is 2.93. The van der Waals surface area contributed by atoms with Gasteiger partial charge in [-0.2, -0.15) is 0 Å². The first-order valence-electron chi connectivity index (χ1n) is 6.95. The first-order chi connectivity index (χ1) is 10.2. The van der Waals surface area contributed by atoms with Crippen LogP contribution in [0.4, 0.5) is 11.4 Å². The molecule has 1 saturated heterocycles. The summed E-state index contributed by atoms with van der Waals surface area (Å²) in [5.74, 6) is 1.51. The van der Waals surface area contributed by atoms with E-state index in [1.165, 1.54) is 0 Å². The van der Waals surface area contributed by atoms with E-state index in [1.807, 2.05) is 29.8 Å². The van der Waals surface area contributed by atoms with Crippen molar-refractivity contribution in [1.82, 2.24) is 14.8 Å². The van der Waals surface area contributed by atoms with Gasteiger partial charge < -0.3 is 9.47 Å². The Bertz CT molecular complexity index is 680. The molecule has 1 aliphatic heterocycles. The van der Waals surface area contributed by atoms with E-state index in [4.69, 9.17) is 6.57 Å². The molecule has 0 unspecified atom stereocenters. The van der Waals surface area contributed by atoms with Crippen LogP contribution in [0.2, 0.25) is 0 Å². The summed E-state index contributed by atoms with van der Waals surface area (Å²) in [7, 11) is 1.99. The summed E-state index contributed by atoms with van der Waals surface area (Å²) < 4.78 is 3.00. The summed E-state index contributed by atoms with van der Waals surface area (Å²) >= 11 is 3.58. The SMILES string of the molecule is [C-]#[N+]c1cccc(Br)c1N1CCC(c2nncn2C)CC1. The summed E-state index contributed by atoms with van der Waals surface area (Å²) in [6, 6.07) is 5.79. The van der Waals surface area contributed by atoms with Crippen LogP contribution in [0.1, 0.15) is 24.6 Å². The van der Waals surface area contributed by atoms with Crippen molar-refractivity contribution in [3.63, 3.8) is 0 Å². The highest BCUT2D eigenvalue weighted by molar-refractivity contribution is 9.10. The highest BCUT2D eigenvalue weighted by atomic mass is 79.9. The van der Waals surface area contributed by atoms with E-state index in [0.717, 1.165) is 41.9 Å². The van der Waals surface area contributed by atoms with E-state index >= 15 is 0 Å². The first kappa shape index (κ1) is 14.1. The summed E-state index contributed by atoms with van der Waals surface area (Å²) in [6.07, 6.45) is 3.82. The Kier molecular flexibility index (Phi) is 3.93. The normalized spacial score (nSPS) is 16.0. The number of hydrogen-bond donors (Lipinski definition) is 0. The topological polar surface area (TPSA) is 38.3 Å². The van der Waals surface area contributed by atoms with Crippen LogP contribution in [0.5, 0.6) is 0 Å². The molecule has 1 aromatic heterocycles. The second-order valence-corrected chi connectivity index (χ2v) is 6.14. The summed E-state index contributed by atoms with van der Waals surface area (Å²) in [6.45, 7) is 9.20. The Balaban J connectivity index is 1.78. The number of halogens is 1. The number of nitrogens with zero attached hydrogens (tertiary/aromatic N) is 5. The highest BCUT2D eigenvalue weighted by Gasteiger charge is 2.25. The van der Waals surface area contributed by atoms with Gasteiger partial charge in [0.05, 0.1) is 12.3 Å². The highest BCUT2D eigenvalue weighted by Crippen LogP contribution is 2.39. The fraction of sp³-hybridized carbons (Fsp3) is 0.400. The maximum absolute atomic E-state index is 7.34. The minimum atomic E-state index is 0.452. The van der Waals surface area contributed by atoms with Gasteiger partial charge in [0.2, 0.25) is 5.69 Å². The van der Waals surface area contributed by atoms with Crippen molar-refractivity contribution in [3.05, 3.63) is 46.2 Å². The monoisotopic (exact) mass is 345 g/mol. The fourth-order valence-corrected chi connectivity index (χ4v) is 3.54. The predicted octanol–water partition coefficient (Wildman–Crippen LogP) is 3.51. The Labute approximate surface area is 132 Å². The van der Waals surface area contributed by atoms with E-state index in [-0.39, 0.29) is 0 Å². The zero-order chi connectivity index (χ0) is 14.8. The molecule has 2 heterocycles. The first-order valence-corrected chi connectivity index (χ1v) is 7.75. The number of aryl methyl sites for hydroxylation is 1. The average molecular weight is 346 g/mol. The van der Waals surface area contributed by atoms with Crippen LogP contribution >= 0.6 is 15.9 Å². The van der Waals surface area contributed by atoms with Crippen LogP contribution in [0, 0.1) is 6.57 Å². The molecule has 0 radical (unpaired) electrons. The minimum absolute atomic E-state index is 0.452. The molecule has 0 aliphatic carbocycles. The van der Waals surface area contributed by atoms with Gasteiger partial charge in [-0.3, -0.25) is 0 Å². The Morgan fingerprint density at radius 3 is 2.71 bits per heavy atom. The second kappa shape index (κ2) is 5.86. The van der Waals surface area contributed by atoms with Crippen LogP contribution < -0.4 is 4.90 Å². The van der Waals surface area contributed by atoms with Crippen molar-refractivity contribution < 1.29 is 0 Å². The van der Waals surface area contributed by atoms with Crippen LogP contribution in [0.3, 0.4) is 0 Å². The molecule has 1 aliphatic rings. The molecular formula is C15H16BrN5. The molecule has 1 aromatic carbocycles. The van der Waals surface area contributed by atoms with E-state index in [1.54, 1.807) is 6.33 Å². The molecule has 0 atom stereocenters. The lowest BCUT2D eigenvalue weighted by Gasteiger charge is -2.34. The van der Waals surface area contributed by atoms with E-state index in [9.17, 15) is 0 Å². The van der Waals surface area contributed by atoms with Crippen molar-refractivity contribution in [2.24, 2.45) is 7.05 Å². The molecule has 3 rings (SSSR count). The van der Waals surface area contributed by atoms with Crippen molar-refractivity contribution in [2.75, 3.05) is 18.0 Å². The number of piperidine rings is 1. The van der Waals surface area contributed by atoms with Gasteiger partial charge in [-0.05, 0) is 18.9 Å². The third kappa shape index (κ3) is 2.66. The predicted molar refractivity (Wildman–Crippen MR) is 85.6 cm³/mol. The lowest BCUT2D eigenvalue weighted by Crippen LogP contribution is -2.33. The number of anilines is 1. The van der Waals surface area contributed by atoms with Crippen molar-refractivity contribution >= 4 is 27.3 Å². The molecule has 5 nitrogen and oxygen atoms in total. The van der Waals surface area contributed by atoms with Crippen LogP contribution in [0.15, 0.2) is 29.0 Å². The van der Waals surface area contributed by atoms with Crippen LogP contribution in [-0.4, -0.2) is 27.9 Å². The van der Waals surface area contributed by atoms with Gasteiger partial charge in [-0.25, -0.2) is 4.85 Å². The number of hydrogen-bond acceptors (Lipinski definition) is 3. The molecule has 0 saturated carbocycles. The number of benzene rings is 1. The van der Waals surface area contributed by atoms with E-state index in [0.29, 0.717) is 11.6 Å². The van der Waals surface area contributed by atoms with Gasteiger partial charge in [-0.15, -0.1) is 10.2 Å². The molecule has 0 bridgehead atoms. The maximum Gasteiger partial charge on any atom is 0.210 e. The van der Waals surface area contributed by atoms with Crippen molar-refractivity contribution in [2.45, 2.75) is 18.8 Å². The molecular weight excluding hydrogens is 330 g/mol. The smallest absolute Gasteiger partial charge is 0.210 e. The standard InChI is InChI=1S/C15H16BrN5/c1-17-13-5-3-4-12(16)14(13)21-8-6-11(7-9-21)15-19-18-10-20(15)2/h3-5,10-11H,6-9H2,2H3. The van der Waals surface area contributed by atoms with Crippen molar-refractivity contribution in [1.29, 1.82) is 0 Å². The zero-order valence-corrected chi connectivity index (χ0v) is 13.4. The molecule has 0 N–H and O–H groups in total. The van der Waals surface area contributed by atoms with Gasteiger partial charge in [0.25, 0.3) is 0 Å². The summed E-state index contributed by atoms with van der Waals surface area (Å²) in [5, 5.41) is 8.19. The van der Waals surface area contributed by atoms with Gasteiger partial charge in [0.1, 0.15) is 12.2 Å². The molecule has 108 valence electrons. The van der Waals surface area contributed by atoms with Gasteiger partial charge in [-0.1, -0.05) is 28.1 Å².